The van der Waals surface area contributed by atoms with Crippen LogP contribution >= 0.6 is 0 Å². The molecular weight excluding hydrogens is 200 g/mol. The van der Waals surface area contributed by atoms with Crippen molar-refractivity contribution in [1.29, 1.82) is 0 Å². The molecule has 0 radical (unpaired) electrons. The van der Waals surface area contributed by atoms with Gasteiger partial charge < -0.3 is 14.2 Å². The van der Waals surface area contributed by atoms with Gasteiger partial charge in [0, 0.05) is 26.7 Å². The summed E-state index contributed by atoms with van der Waals surface area (Å²) < 4.78 is 15.3. The van der Waals surface area contributed by atoms with E-state index in [0.717, 1.165) is 0 Å². The lowest BCUT2D eigenvalue weighted by atomic mass is 9.95. The molecule has 0 aromatic carbocycles. The molecule has 5 nitrogen and oxygen atoms in total. The first kappa shape index (κ1) is 12.0. The molecule has 0 unspecified atom stereocenters. The van der Waals surface area contributed by atoms with Crippen molar-refractivity contribution >= 4 is 11.9 Å². The molecule has 1 heterocycles. The summed E-state index contributed by atoms with van der Waals surface area (Å²) in [6.07, 6.45) is 1.14. The quantitative estimate of drug-likeness (QED) is 0.648. The third-order valence-electron chi connectivity index (χ3n) is 2.30. The van der Waals surface area contributed by atoms with Crippen molar-refractivity contribution in [3.63, 3.8) is 0 Å². The monoisotopic (exact) mass is 216 g/mol. The Labute approximate surface area is 88.7 Å². The van der Waals surface area contributed by atoms with Crippen LogP contribution in [0.5, 0.6) is 0 Å². The van der Waals surface area contributed by atoms with Gasteiger partial charge in [0.15, 0.2) is 5.60 Å². The van der Waals surface area contributed by atoms with Gasteiger partial charge >= 0.3 is 11.9 Å². The average molecular weight is 216 g/mol. The van der Waals surface area contributed by atoms with E-state index in [0.29, 0.717) is 26.1 Å². The van der Waals surface area contributed by atoms with E-state index in [-0.39, 0.29) is 18.5 Å². The maximum absolute atomic E-state index is 11.0. The van der Waals surface area contributed by atoms with Gasteiger partial charge in [-0.2, -0.15) is 0 Å². The van der Waals surface area contributed by atoms with Gasteiger partial charge in [0.05, 0.1) is 13.2 Å². The minimum Gasteiger partial charge on any atom is -0.462 e. The molecule has 1 aliphatic rings. The molecular formula is C10H16O5. The van der Waals surface area contributed by atoms with Crippen LogP contribution in [-0.4, -0.2) is 37.4 Å². The first-order valence-corrected chi connectivity index (χ1v) is 4.95. The molecule has 0 aromatic rings. The number of rotatable bonds is 3. The second-order valence-corrected chi connectivity index (χ2v) is 3.67. The highest BCUT2D eigenvalue weighted by Crippen LogP contribution is 2.25. The number of hydrogen-bond acceptors (Lipinski definition) is 5. The van der Waals surface area contributed by atoms with Gasteiger partial charge in [-0.15, -0.1) is 0 Å². The smallest absolute Gasteiger partial charge is 0.303 e. The predicted molar refractivity (Wildman–Crippen MR) is 51.2 cm³/mol. The minimum absolute atomic E-state index is 0.116. The Morgan fingerprint density at radius 1 is 1.20 bits per heavy atom. The SMILES string of the molecule is CC(=O)OCC1(OC(C)=O)CCOCC1. The van der Waals surface area contributed by atoms with Gasteiger partial charge in [0.2, 0.25) is 0 Å². The second kappa shape index (κ2) is 5.11. The first-order chi connectivity index (χ1) is 7.04. The van der Waals surface area contributed by atoms with Crippen LogP contribution < -0.4 is 0 Å². The third kappa shape index (κ3) is 3.87. The fourth-order valence-corrected chi connectivity index (χ4v) is 1.56. The molecule has 0 atom stereocenters. The van der Waals surface area contributed by atoms with Crippen LogP contribution in [0.25, 0.3) is 0 Å². The van der Waals surface area contributed by atoms with Gasteiger partial charge in [-0.25, -0.2) is 0 Å². The summed E-state index contributed by atoms with van der Waals surface area (Å²) in [5, 5.41) is 0. The van der Waals surface area contributed by atoms with E-state index < -0.39 is 5.60 Å². The fraction of sp³-hybridized carbons (Fsp3) is 0.800. The standard InChI is InChI=1S/C10H16O5/c1-8(11)14-7-10(15-9(2)12)3-5-13-6-4-10/h3-7H2,1-2H3. The molecule has 0 amide bonds. The van der Waals surface area contributed by atoms with Crippen molar-refractivity contribution in [2.24, 2.45) is 0 Å². The van der Waals surface area contributed by atoms with Crippen LogP contribution in [-0.2, 0) is 23.8 Å². The molecule has 5 heteroatoms. The Morgan fingerprint density at radius 3 is 2.27 bits per heavy atom. The number of carbonyl (C=O) groups is 2. The average Bonchev–Trinajstić information content (AvgIpc) is 2.15. The summed E-state index contributed by atoms with van der Waals surface area (Å²) in [6.45, 7) is 3.85. The van der Waals surface area contributed by atoms with Gasteiger partial charge in [-0.3, -0.25) is 9.59 Å². The molecule has 0 bridgehead atoms. The van der Waals surface area contributed by atoms with Crippen LogP contribution in [0.1, 0.15) is 26.7 Å². The number of esters is 2. The highest BCUT2D eigenvalue weighted by molar-refractivity contribution is 5.67. The summed E-state index contributed by atoms with van der Waals surface area (Å²) in [7, 11) is 0. The van der Waals surface area contributed by atoms with Gasteiger partial charge in [0.1, 0.15) is 6.61 Å². The zero-order chi connectivity index (χ0) is 11.3. The summed E-state index contributed by atoms with van der Waals surface area (Å²) in [5.74, 6) is -0.725. The Bertz CT molecular complexity index is 242. The van der Waals surface area contributed by atoms with Crippen molar-refractivity contribution in [1.82, 2.24) is 0 Å². The lowest BCUT2D eigenvalue weighted by Gasteiger charge is -2.35. The van der Waals surface area contributed by atoms with E-state index in [9.17, 15) is 9.59 Å². The van der Waals surface area contributed by atoms with E-state index in [1.807, 2.05) is 0 Å². The predicted octanol–water partition coefficient (Wildman–Crippen LogP) is 0.662. The molecule has 0 aliphatic carbocycles. The Hall–Kier alpha value is -1.10. The second-order valence-electron chi connectivity index (χ2n) is 3.67. The van der Waals surface area contributed by atoms with E-state index >= 15 is 0 Å². The maximum Gasteiger partial charge on any atom is 0.303 e. The Balaban J connectivity index is 2.57. The van der Waals surface area contributed by atoms with Crippen molar-refractivity contribution in [3.05, 3.63) is 0 Å². The van der Waals surface area contributed by atoms with Crippen molar-refractivity contribution in [3.8, 4) is 0 Å². The minimum atomic E-state index is -0.685. The summed E-state index contributed by atoms with van der Waals surface area (Å²) in [4.78, 5) is 21.7. The molecule has 1 rings (SSSR count). The first-order valence-electron chi connectivity index (χ1n) is 4.95. The topological polar surface area (TPSA) is 61.8 Å². The van der Waals surface area contributed by atoms with Crippen LogP contribution in [0.2, 0.25) is 0 Å². The van der Waals surface area contributed by atoms with Crippen LogP contribution in [0.3, 0.4) is 0 Å². The molecule has 0 aromatic heterocycles. The van der Waals surface area contributed by atoms with Gasteiger partial charge in [-0.05, 0) is 0 Å². The van der Waals surface area contributed by atoms with Crippen LogP contribution in [0.15, 0.2) is 0 Å². The maximum atomic E-state index is 11.0. The largest absolute Gasteiger partial charge is 0.462 e. The third-order valence-corrected chi connectivity index (χ3v) is 2.30. The summed E-state index contributed by atoms with van der Waals surface area (Å²) in [5.41, 5.74) is -0.685. The van der Waals surface area contributed by atoms with Crippen LogP contribution in [0.4, 0.5) is 0 Å². The fourth-order valence-electron chi connectivity index (χ4n) is 1.56. The Kier molecular flexibility index (Phi) is 4.08. The van der Waals surface area contributed by atoms with E-state index in [1.54, 1.807) is 0 Å². The lowest BCUT2D eigenvalue weighted by molar-refractivity contribution is -0.181. The van der Waals surface area contributed by atoms with E-state index in [4.69, 9.17) is 14.2 Å². The molecule has 86 valence electrons. The van der Waals surface area contributed by atoms with Gasteiger partial charge in [-0.1, -0.05) is 0 Å². The van der Waals surface area contributed by atoms with Crippen molar-refractivity contribution in [2.45, 2.75) is 32.3 Å². The van der Waals surface area contributed by atoms with E-state index in [2.05, 4.69) is 0 Å². The molecule has 0 N–H and O–H groups in total. The normalized spacial score (nSPS) is 19.3. The van der Waals surface area contributed by atoms with Crippen LogP contribution in [0, 0.1) is 0 Å². The van der Waals surface area contributed by atoms with Gasteiger partial charge in [0.25, 0.3) is 0 Å². The molecule has 0 saturated carbocycles. The number of hydrogen-bond donors (Lipinski definition) is 0. The Morgan fingerprint density at radius 2 is 1.80 bits per heavy atom. The van der Waals surface area contributed by atoms with E-state index in [1.165, 1.54) is 13.8 Å². The number of ether oxygens (including phenoxy) is 3. The molecule has 1 aliphatic heterocycles. The summed E-state index contributed by atoms with van der Waals surface area (Å²) in [6, 6.07) is 0. The molecule has 1 fully saturated rings. The lowest BCUT2D eigenvalue weighted by Crippen LogP contribution is -2.44. The van der Waals surface area contributed by atoms with Crippen molar-refractivity contribution < 1.29 is 23.8 Å². The highest BCUT2D eigenvalue weighted by Gasteiger charge is 2.37. The molecule has 15 heavy (non-hydrogen) atoms. The zero-order valence-electron chi connectivity index (χ0n) is 9.08. The molecule has 0 spiro atoms. The molecule has 1 saturated heterocycles. The highest BCUT2D eigenvalue weighted by atomic mass is 16.6. The number of carbonyl (C=O) groups excluding carboxylic acids is 2. The summed E-state index contributed by atoms with van der Waals surface area (Å²) >= 11 is 0. The zero-order valence-corrected chi connectivity index (χ0v) is 9.08. The van der Waals surface area contributed by atoms with Crippen molar-refractivity contribution in [2.75, 3.05) is 19.8 Å².